The Hall–Kier alpha value is -2.82. The standard InChI is InChI=1S/C15H14N4O/c1-20-14-8-7-13(18-15(14)16)11-9-17-19(10-11)12-5-3-2-4-6-12/h2-10H,1H3,(H2,16,18). The Labute approximate surface area is 116 Å². The predicted molar refractivity (Wildman–Crippen MR) is 77.8 cm³/mol. The molecular formula is C15H14N4O. The SMILES string of the molecule is COc1ccc(-c2cnn(-c3ccccc3)c2)nc1N. The van der Waals surface area contributed by atoms with Crippen LogP contribution in [0.2, 0.25) is 0 Å². The number of rotatable bonds is 3. The number of aromatic nitrogens is 3. The second kappa shape index (κ2) is 5.05. The Bertz CT molecular complexity index is 722. The number of nitrogens with zero attached hydrogens (tertiary/aromatic N) is 3. The zero-order chi connectivity index (χ0) is 13.9. The van der Waals surface area contributed by atoms with Gasteiger partial charge in [-0.1, -0.05) is 18.2 Å². The molecular weight excluding hydrogens is 252 g/mol. The summed E-state index contributed by atoms with van der Waals surface area (Å²) in [6, 6.07) is 13.6. The van der Waals surface area contributed by atoms with Crippen LogP contribution in [0.4, 0.5) is 5.82 Å². The van der Waals surface area contributed by atoms with Crippen LogP contribution < -0.4 is 10.5 Å². The van der Waals surface area contributed by atoms with Crippen LogP contribution in [0.15, 0.2) is 54.9 Å². The van der Waals surface area contributed by atoms with Crippen LogP contribution in [0.3, 0.4) is 0 Å². The summed E-state index contributed by atoms with van der Waals surface area (Å²) in [6.45, 7) is 0. The lowest BCUT2D eigenvalue weighted by Gasteiger charge is -2.04. The van der Waals surface area contributed by atoms with Gasteiger partial charge in [0.15, 0.2) is 11.6 Å². The van der Waals surface area contributed by atoms with Crippen molar-refractivity contribution in [2.75, 3.05) is 12.8 Å². The number of nitrogen functional groups attached to an aromatic ring is 1. The van der Waals surface area contributed by atoms with E-state index in [1.807, 2.05) is 42.6 Å². The van der Waals surface area contributed by atoms with Crippen LogP contribution in [0.25, 0.3) is 16.9 Å². The normalized spacial score (nSPS) is 10.4. The van der Waals surface area contributed by atoms with Crippen molar-refractivity contribution in [1.82, 2.24) is 14.8 Å². The summed E-state index contributed by atoms with van der Waals surface area (Å²) in [6.07, 6.45) is 3.69. The summed E-state index contributed by atoms with van der Waals surface area (Å²) in [5.41, 5.74) is 8.50. The predicted octanol–water partition coefficient (Wildman–Crippen LogP) is 2.53. The second-order valence-corrected chi connectivity index (χ2v) is 4.29. The van der Waals surface area contributed by atoms with Gasteiger partial charge in [0.25, 0.3) is 0 Å². The van der Waals surface area contributed by atoms with Crippen LogP contribution in [0.1, 0.15) is 0 Å². The number of hydrogen-bond acceptors (Lipinski definition) is 4. The molecule has 0 spiro atoms. The van der Waals surface area contributed by atoms with E-state index >= 15 is 0 Å². The van der Waals surface area contributed by atoms with Crippen molar-refractivity contribution in [3.8, 4) is 22.7 Å². The zero-order valence-corrected chi connectivity index (χ0v) is 11.0. The van der Waals surface area contributed by atoms with Gasteiger partial charge in [0.2, 0.25) is 0 Å². The van der Waals surface area contributed by atoms with Gasteiger partial charge in [0.1, 0.15) is 0 Å². The van der Waals surface area contributed by atoms with E-state index in [1.165, 1.54) is 0 Å². The highest BCUT2D eigenvalue weighted by molar-refractivity contribution is 5.62. The highest BCUT2D eigenvalue weighted by Gasteiger charge is 2.07. The molecule has 20 heavy (non-hydrogen) atoms. The van der Waals surface area contributed by atoms with Gasteiger partial charge in [-0.15, -0.1) is 0 Å². The summed E-state index contributed by atoms with van der Waals surface area (Å²) >= 11 is 0. The third-order valence-electron chi connectivity index (χ3n) is 3.00. The summed E-state index contributed by atoms with van der Waals surface area (Å²) in [5, 5.41) is 4.34. The van der Waals surface area contributed by atoms with Crippen molar-refractivity contribution in [3.05, 3.63) is 54.9 Å². The minimum atomic E-state index is 0.373. The van der Waals surface area contributed by atoms with E-state index in [1.54, 1.807) is 24.1 Å². The molecule has 0 aliphatic rings. The van der Waals surface area contributed by atoms with E-state index < -0.39 is 0 Å². The van der Waals surface area contributed by atoms with Gasteiger partial charge < -0.3 is 10.5 Å². The van der Waals surface area contributed by atoms with E-state index in [-0.39, 0.29) is 0 Å². The van der Waals surface area contributed by atoms with E-state index in [2.05, 4.69) is 10.1 Å². The number of hydrogen-bond donors (Lipinski definition) is 1. The Morgan fingerprint density at radius 2 is 1.90 bits per heavy atom. The molecule has 0 radical (unpaired) electrons. The molecule has 0 aliphatic carbocycles. The van der Waals surface area contributed by atoms with Gasteiger partial charge in [-0.05, 0) is 24.3 Å². The monoisotopic (exact) mass is 266 g/mol. The van der Waals surface area contributed by atoms with Crippen LogP contribution in [-0.4, -0.2) is 21.9 Å². The van der Waals surface area contributed by atoms with E-state index in [4.69, 9.17) is 10.5 Å². The summed E-state index contributed by atoms with van der Waals surface area (Å²) in [5.74, 6) is 0.946. The molecule has 0 fully saturated rings. The average molecular weight is 266 g/mol. The van der Waals surface area contributed by atoms with Crippen molar-refractivity contribution in [1.29, 1.82) is 0 Å². The first-order chi connectivity index (χ1) is 9.78. The van der Waals surface area contributed by atoms with Gasteiger partial charge in [0.05, 0.1) is 24.7 Å². The average Bonchev–Trinajstić information content (AvgIpc) is 2.98. The molecule has 0 saturated carbocycles. The van der Waals surface area contributed by atoms with Gasteiger partial charge in [0, 0.05) is 11.8 Å². The Morgan fingerprint density at radius 1 is 1.10 bits per heavy atom. The van der Waals surface area contributed by atoms with Gasteiger partial charge >= 0.3 is 0 Å². The molecule has 3 aromatic rings. The van der Waals surface area contributed by atoms with Crippen molar-refractivity contribution in [2.45, 2.75) is 0 Å². The maximum Gasteiger partial charge on any atom is 0.166 e. The molecule has 0 saturated heterocycles. The molecule has 2 heterocycles. The quantitative estimate of drug-likeness (QED) is 0.791. The van der Waals surface area contributed by atoms with Crippen molar-refractivity contribution in [3.63, 3.8) is 0 Å². The molecule has 5 heteroatoms. The highest BCUT2D eigenvalue weighted by atomic mass is 16.5. The number of methoxy groups -OCH3 is 1. The lowest BCUT2D eigenvalue weighted by atomic mass is 10.2. The van der Waals surface area contributed by atoms with E-state index in [9.17, 15) is 0 Å². The number of anilines is 1. The van der Waals surface area contributed by atoms with Crippen LogP contribution in [-0.2, 0) is 0 Å². The minimum Gasteiger partial charge on any atom is -0.493 e. The molecule has 0 amide bonds. The molecule has 3 rings (SSSR count). The highest BCUT2D eigenvalue weighted by Crippen LogP contribution is 2.24. The van der Waals surface area contributed by atoms with Gasteiger partial charge in [-0.3, -0.25) is 0 Å². The molecule has 0 unspecified atom stereocenters. The Morgan fingerprint density at radius 3 is 2.60 bits per heavy atom. The first-order valence-electron chi connectivity index (χ1n) is 6.19. The minimum absolute atomic E-state index is 0.373. The van der Waals surface area contributed by atoms with E-state index in [0.29, 0.717) is 11.6 Å². The largest absolute Gasteiger partial charge is 0.493 e. The number of nitrogens with two attached hydrogens (primary N) is 1. The lowest BCUT2D eigenvalue weighted by Crippen LogP contribution is -1.96. The fourth-order valence-electron chi connectivity index (χ4n) is 1.97. The number of ether oxygens (including phenoxy) is 1. The fraction of sp³-hybridized carbons (Fsp3) is 0.0667. The third kappa shape index (κ3) is 2.21. The first kappa shape index (κ1) is 12.2. The van der Waals surface area contributed by atoms with Crippen LogP contribution in [0, 0.1) is 0 Å². The number of benzene rings is 1. The second-order valence-electron chi connectivity index (χ2n) is 4.29. The number of para-hydroxylation sites is 1. The molecule has 5 nitrogen and oxygen atoms in total. The molecule has 2 aromatic heterocycles. The van der Waals surface area contributed by atoms with Gasteiger partial charge in [-0.2, -0.15) is 5.10 Å². The van der Waals surface area contributed by atoms with E-state index in [0.717, 1.165) is 16.9 Å². The maximum atomic E-state index is 5.82. The molecule has 0 aliphatic heterocycles. The fourth-order valence-corrected chi connectivity index (χ4v) is 1.97. The molecule has 1 aromatic carbocycles. The summed E-state index contributed by atoms with van der Waals surface area (Å²) in [7, 11) is 1.57. The third-order valence-corrected chi connectivity index (χ3v) is 3.00. The molecule has 0 bridgehead atoms. The van der Waals surface area contributed by atoms with Crippen molar-refractivity contribution >= 4 is 5.82 Å². The Balaban J connectivity index is 1.96. The Kier molecular flexibility index (Phi) is 3.09. The van der Waals surface area contributed by atoms with Crippen LogP contribution in [0.5, 0.6) is 5.75 Å². The zero-order valence-electron chi connectivity index (χ0n) is 11.0. The first-order valence-corrected chi connectivity index (χ1v) is 6.19. The molecule has 0 atom stereocenters. The van der Waals surface area contributed by atoms with Crippen LogP contribution >= 0.6 is 0 Å². The smallest absolute Gasteiger partial charge is 0.166 e. The molecule has 2 N–H and O–H groups in total. The summed E-state index contributed by atoms with van der Waals surface area (Å²) < 4.78 is 6.91. The van der Waals surface area contributed by atoms with Gasteiger partial charge in [-0.25, -0.2) is 9.67 Å². The molecule has 100 valence electrons. The maximum absolute atomic E-state index is 5.82. The number of pyridine rings is 1. The topological polar surface area (TPSA) is 66.0 Å². The lowest BCUT2D eigenvalue weighted by molar-refractivity contribution is 0.415. The summed E-state index contributed by atoms with van der Waals surface area (Å²) in [4.78, 5) is 4.32. The van der Waals surface area contributed by atoms with Crippen molar-refractivity contribution in [2.24, 2.45) is 0 Å². The van der Waals surface area contributed by atoms with Crippen molar-refractivity contribution < 1.29 is 4.74 Å².